The molecule has 2 nitrogen and oxygen atoms in total. The van der Waals surface area contributed by atoms with Crippen LogP contribution in [-0.4, -0.2) is 12.6 Å². The minimum Gasteiger partial charge on any atom is -0.466 e. The Kier molecular flexibility index (Phi) is 4.86. The molecule has 0 saturated heterocycles. The van der Waals surface area contributed by atoms with Crippen molar-refractivity contribution in [1.82, 2.24) is 0 Å². The molecule has 0 aliphatic heterocycles. The highest BCUT2D eigenvalue weighted by molar-refractivity contribution is 5.75. The molecule has 0 bridgehead atoms. The molecule has 86 valence electrons. The molecule has 0 radical (unpaired) electrons. The number of ether oxygens (including phenoxy) is 1. The first-order chi connectivity index (χ1) is 7.16. The van der Waals surface area contributed by atoms with Gasteiger partial charge in [0.15, 0.2) is 0 Å². The van der Waals surface area contributed by atoms with Crippen molar-refractivity contribution in [2.75, 3.05) is 6.61 Å². The first-order valence-corrected chi connectivity index (χ1v) is 6.02. The van der Waals surface area contributed by atoms with E-state index in [1.54, 1.807) is 0 Å². The fraction of sp³-hybridized carbons (Fsp3) is 0.769. The summed E-state index contributed by atoms with van der Waals surface area (Å²) in [6, 6.07) is 0. The molecule has 1 fully saturated rings. The van der Waals surface area contributed by atoms with Crippen LogP contribution in [0.4, 0.5) is 0 Å². The van der Waals surface area contributed by atoms with Gasteiger partial charge in [0.1, 0.15) is 0 Å². The zero-order chi connectivity index (χ0) is 11.3. The lowest BCUT2D eigenvalue weighted by atomic mass is 9.87. The quantitative estimate of drug-likeness (QED) is 0.526. The lowest BCUT2D eigenvalue weighted by Crippen LogP contribution is -2.17. The number of allylic oxidation sites excluding steroid dienone is 1. The van der Waals surface area contributed by atoms with E-state index in [1.165, 1.54) is 43.3 Å². The Morgan fingerprint density at radius 1 is 1.33 bits per heavy atom. The maximum atomic E-state index is 11.6. The van der Waals surface area contributed by atoms with Gasteiger partial charge in [-0.1, -0.05) is 17.6 Å². The molecular weight excluding hydrogens is 188 g/mol. The minimum atomic E-state index is -0.0759. The normalized spacial score (nSPS) is 18.5. The summed E-state index contributed by atoms with van der Waals surface area (Å²) in [5.41, 5.74) is 2.73. The van der Waals surface area contributed by atoms with Gasteiger partial charge in [-0.25, -0.2) is 0 Å². The van der Waals surface area contributed by atoms with Crippen molar-refractivity contribution in [2.24, 2.45) is 5.92 Å². The molecule has 0 heterocycles. The summed E-state index contributed by atoms with van der Waals surface area (Å²) in [7, 11) is 0. The van der Waals surface area contributed by atoms with Crippen molar-refractivity contribution < 1.29 is 9.53 Å². The Balaban J connectivity index is 2.64. The standard InChI is InChI=1S/C13H22O2/c1-4-15-13(14)11(3)10(2)12-8-6-5-7-9-12/h11H,4-9H2,1-3H3. The van der Waals surface area contributed by atoms with Gasteiger partial charge in [0.2, 0.25) is 0 Å². The fourth-order valence-corrected chi connectivity index (χ4v) is 2.12. The lowest BCUT2D eigenvalue weighted by molar-refractivity contribution is -0.146. The third-order valence-corrected chi connectivity index (χ3v) is 3.30. The van der Waals surface area contributed by atoms with Crippen LogP contribution in [0, 0.1) is 5.92 Å². The molecule has 2 heteroatoms. The first-order valence-electron chi connectivity index (χ1n) is 6.02. The van der Waals surface area contributed by atoms with Crippen LogP contribution in [0.5, 0.6) is 0 Å². The average Bonchev–Trinajstić information content (AvgIpc) is 2.28. The van der Waals surface area contributed by atoms with Gasteiger partial charge in [-0.3, -0.25) is 4.79 Å². The third-order valence-electron chi connectivity index (χ3n) is 3.30. The summed E-state index contributed by atoms with van der Waals surface area (Å²) in [5.74, 6) is -0.133. The second-order valence-corrected chi connectivity index (χ2v) is 4.32. The summed E-state index contributed by atoms with van der Waals surface area (Å²) in [5, 5.41) is 0. The van der Waals surface area contributed by atoms with Gasteiger partial charge < -0.3 is 4.74 Å². The van der Waals surface area contributed by atoms with E-state index >= 15 is 0 Å². The number of rotatable bonds is 3. The first kappa shape index (κ1) is 12.3. The Bertz CT molecular complexity index is 245. The van der Waals surface area contributed by atoms with Gasteiger partial charge in [-0.05, 0) is 46.5 Å². The van der Waals surface area contributed by atoms with Crippen LogP contribution in [0.25, 0.3) is 0 Å². The predicted octanol–water partition coefficient (Wildman–Crippen LogP) is 3.47. The van der Waals surface area contributed by atoms with E-state index < -0.39 is 0 Å². The maximum absolute atomic E-state index is 11.6. The minimum absolute atomic E-state index is 0.0574. The zero-order valence-corrected chi connectivity index (χ0v) is 10.1. The molecule has 1 atom stereocenters. The monoisotopic (exact) mass is 210 g/mol. The van der Waals surface area contributed by atoms with E-state index in [9.17, 15) is 4.79 Å². The molecule has 1 unspecified atom stereocenters. The van der Waals surface area contributed by atoms with Crippen LogP contribution in [0.3, 0.4) is 0 Å². The van der Waals surface area contributed by atoms with Crippen molar-refractivity contribution >= 4 is 5.97 Å². The second kappa shape index (κ2) is 5.94. The van der Waals surface area contributed by atoms with Crippen LogP contribution in [0.2, 0.25) is 0 Å². The number of carbonyl (C=O) groups is 1. The van der Waals surface area contributed by atoms with Gasteiger partial charge in [0, 0.05) is 0 Å². The van der Waals surface area contributed by atoms with Crippen molar-refractivity contribution in [1.29, 1.82) is 0 Å². The van der Waals surface area contributed by atoms with Crippen LogP contribution in [0.15, 0.2) is 11.1 Å². The molecule has 0 amide bonds. The Labute approximate surface area is 92.7 Å². The van der Waals surface area contributed by atoms with Crippen LogP contribution < -0.4 is 0 Å². The molecule has 0 aromatic heterocycles. The van der Waals surface area contributed by atoms with Crippen LogP contribution >= 0.6 is 0 Å². The van der Waals surface area contributed by atoms with Gasteiger partial charge in [0.05, 0.1) is 12.5 Å². The molecule has 1 saturated carbocycles. The molecular formula is C13H22O2. The van der Waals surface area contributed by atoms with Gasteiger partial charge in [-0.15, -0.1) is 0 Å². The van der Waals surface area contributed by atoms with E-state index in [0.717, 1.165) is 0 Å². The SMILES string of the molecule is CCOC(=O)C(C)C(C)=C1CCCCC1. The van der Waals surface area contributed by atoms with Crippen molar-refractivity contribution in [3.8, 4) is 0 Å². The molecule has 1 aliphatic carbocycles. The largest absolute Gasteiger partial charge is 0.466 e. The fourth-order valence-electron chi connectivity index (χ4n) is 2.12. The van der Waals surface area contributed by atoms with Crippen LogP contribution in [0.1, 0.15) is 52.9 Å². The summed E-state index contributed by atoms with van der Waals surface area (Å²) in [6.07, 6.45) is 6.25. The molecule has 1 rings (SSSR count). The van der Waals surface area contributed by atoms with E-state index in [-0.39, 0.29) is 11.9 Å². The Morgan fingerprint density at radius 3 is 2.47 bits per heavy atom. The highest BCUT2D eigenvalue weighted by Gasteiger charge is 2.19. The number of hydrogen-bond donors (Lipinski definition) is 0. The smallest absolute Gasteiger partial charge is 0.312 e. The summed E-state index contributed by atoms with van der Waals surface area (Å²) in [6.45, 7) is 6.37. The summed E-state index contributed by atoms with van der Waals surface area (Å²) in [4.78, 5) is 11.6. The van der Waals surface area contributed by atoms with Gasteiger partial charge in [0.25, 0.3) is 0 Å². The van der Waals surface area contributed by atoms with Crippen LogP contribution in [-0.2, 0) is 9.53 Å². The summed E-state index contributed by atoms with van der Waals surface area (Å²) < 4.78 is 5.04. The van der Waals surface area contributed by atoms with E-state index in [0.29, 0.717) is 6.61 Å². The highest BCUT2D eigenvalue weighted by Crippen LogP contribution is 2.29. The third kappa shape index (κ3) is 3.37. The van der Waals surface area contributed by atoms with Crippen molar-refractivity contribution in [2.45, 2.75) is 52.9 Å². The van der Waals surface area contributed by atoms with Gasteiger partial charge in [-0.2, -0.15) is 0 Å². The van der Waals surface area contributed by atoms with E-state index in [4.69, 9.17) is 4.74 Å². The molecule has 15 heavy (non-hydrogen) atoms. The predicted molar refractivity (Wildman–Crippen MR) is 61.6 cm³/mol. The highest BCUT2D eigenvalue weighted by atomic mass is 16.5. The maximum Gasteiger partial charge on any atom is 0.312 e. The average molecular weight is 210 g/mol. The lowest BCUT2D eigenvalue weighted by Gasteiger charge is -2.20. The van der Waals surface area contributed by atoms with E-state index in [1.807, 2.05) is 13.8 Å². The second-order valence-electron chi connectivity index (χ2n) is 4.32. The van der Waals surface area contributed by atoms with E-state index in [2.05, 4.69) is 6.92 Å². The van der Waals surface area contributed by atoms with Crippen molar-refractivity contribution in [3.63, 3.8) is 0 Å². The number of hydrogen-bond acceptors (Lipinski definition) is 2. The molecule has 0 aromatic carbocycles. The molecule has 0 aromatic rings. The summed E-state index contributed by atoms with van der Waals surface area (Å²) >= 11 is 0. The zero-order valence-electron chi connectivity index (χ0n) is 10.1. The number of esters is 1. The molecule has 0 spiro atoms. The number of carbonyl (C=O) groups excluding carboxylic acids is 1. The van der Waals surface area contributed by atoms with Crippen molar-refractivity contribution in [3.05, 3.63) is 11.1 Å². The molecule has 1 aliphatic rings. The topological polar surface area (TPSA) is 26.3 Å². The molecule has 0 N–H and O–H groups in total. The Hall–Kier alpha value is -0.790. The Morgan fingerprint density at radius 2 is 1.93 bits per heavy atom. The van der Waals surface area contributed by atoms with Gasteiger partial charge >= 0.3 is 5.97 Å².